The molecule has 1 rings (SSSR count). The number of nitrogen functional groups attached to an aromatic ring is 1. The van der Waals surface area contributed by atoms with Crippen LogP contribution >= 0.6 is 0 Å². The molecule has 0 fully saturated rings. The summed E-state index contributed by atoms with van der Waals surface area (Å²) in [6.07, 6.45) is -0.649. The number of carboxylic acids is 1. The fourth-order valence-electron chi connectivity index (χ4n) is 1.09. The van der Waals surface area contributed by atoms with Crippen molar-refractivity contribution in [3.8, 4) is 5.75 Å². The molecule has 1 atom stereocenters. The van der Waals surface area contributed by atoms with Crippen molar-refractivity contribution in [1.29, 1.82) is 0 Å². The lowest BCUT2D eigenvalue weighted by atomic mass is 10.2. The normalized spacial score (nSPS) is 12.1. The van der Waals surface area contributed by atoms with Gasteiger partial charge in [0.15, 0.2) is 6.10 Å². The average Bonchev–Trinajstić information content (AvgIpc) is 2.16. The molecule has 0 saturated carbocycles. The molecule has 1 aromatic carbocycles. The Kier molecular flexibility index (Phi) is 3.49. The number of carbonyl (C=O) groups is 1. The summed E-state index contributed by atoms with van der Waals surface area (Å²) >= 11 is 0. The number of benzene rings is 1. The van der Waals surface area contributed by atoms with Crippen molar-refractivity contribution in [2.75, 3.05) is 5.73 Å². The highest BCUT2D eigenvalue weighted by Gasteiger charge is 2.17. The molecule has 1 aromatic rings. The number of halogens is 1. The maximum atomic E-state index is 12.7. The summed E-state index contributed by atoms with van der Waals surface area (Å²) in [5.74, 6) is -1.37. The molecule has 0 heterocycles. The van der Waals surface area contributed by atoms with E-state index in [-0.39, 0.29) is 11.4 Å². The maximum Gasteiger partial charge on any atom is 0.344 e. The fourth-order valence-corrected chi connectivity index (χ4v) is 1.09. The van der Waals surface area contributed by atoms with Gasteiger partial charge in [-0.05, 0) is 18.6 Å². The Balaban J connectivity index is 2.84. The topological polar surface area (TPSA) is 72.5 Å². The van der Waals surface area contributed by atoms with Crippen molar-refractivity contribution in [3.05, 3.63) is 24.0 Å². The molecule has 0 aliphatic heterocycles. The first-order valence-electron chi connectivity index (χ1n) is 4.49. The summed E-state index contributed by atoms with van der Waals surface area (Å²) < 4.78 is 17.8. The van der Waals surface area contributed by atoms with Crippen molar-refractivity contribution < 1.29 is 19.0 Å². The number of aliphatic carboxylic acids is 1. The molecule has 5 heteroatoms. The zero-order chi connectivity index (χ0) is 11.4. The predicted molar refractivity (Wildman–Crippen MR) is 53.2 cm³/mol. The number of nitrogens with two attached hydrogens (primary N) is 1. The highest BCUT2D eigenvalue weighted by Crippen LogP contribution is 2.23. The van der Waals surface area contributed by atoms with Crippen molar-refractivity contribution in [2.24, 2.45) is 0 Å². The van der Waals surface area contributed by atoms with Gasteiger partial charge in [0.2, 0.25) is 0 Å². The van der Waals surface area contributed by atoms with Gasteiger partial charge in [0.05, 0.1) is 5.69 Å². The lowest BCUT2D eigenvalue weighted by molar-refractivity contribution is -0.145. The van der Waals surface area contributed by atoms with E-state index in [0.29, 0.717) is 6.42 Å². The van der Waals surface area contributed by atoms with Gasteiger partial charge in [-0.1, -0.05) is 6.92 Å². The third-order valence-electron chi connectivity index (χ3n) is 1.89. The Morgan fingerprint density at radius 2 is 2.33 bits per heavy atom. The molecule has 0 bridgehead atoms. The minimum atomic E-state index is -1.07. The number of ether oxygens (including phenoxy) is 1. The molecule has 0 aliphatic carbocycles. The van der Waals surface area contributed by atoms with E-state index in [1.807, 2.05) is 0 Å². The summed E-state index contributed by atoms with van der Waals surface area (Å²) in [5, 5.41) is 8.74. The third-order valence-corrected chi connectivity index (χ3v) is 1.89. The molecule has 1 unspecified atom stereocenters. The van der Waals surface area contributed by atoms with E-state index in [4.69, 9.17) is 15.6 Å². The number of carboxylic acid groups (broad SMARTS) is 1. The van der Waals surface area contributed by atoms with Gasteiger partial charge in [-0.2, -0.15) is 0 Å². The van der Waals surface area contributed by atoms with Gasteiger partial charge in [0, 0.05) is 6.07 Å². The van der Waals surface area contributed by atoms with Crippen LogP contribution in [-0.4, -0.2) is 17.2 Å². The number of anilines is 1. The van der Waals surface area contributed by atoms with Crippen LogP contribution in [0.1, 0.15) is 13.3 Å². The Bertz CT molecular complexity index is 368. The van der Waals surface area contributed by atoms with Crippen LogP contribution in [0, 0.1) is 5.82 Å². The molecule has 4 nitrogen and oxygen atoms in total. The smallest absolute Gasteiger partial charge is 0.344 e. The molecule has 0 aliphatic rings. The number of rotatable bonds is 4. The standard InChI is InChI=1S/C10H12FNO3/c1-2-8(10(13)14)15-9-4-3-6(11)5-7(9)12/h3-5,8H,2,12H2,1H3,(H,13,14). The zero-order valence-electron chi connectivity index (χ0n) is 8.24. The molecule has 15 heavy (non-hydrogen) atoms. The quantitative estimate of drug-likeness (QED) is 0.746. The average molecular weight is 213 g/mol. The van der Waals surface area contributed by atoms with E-state index in [0.717, 1.165) is 6.07 Å². The second kappa shape index (κ2) is 4.63. The van der Waals surface area contributed by atoms with Crippen LogP contribution in [0.4, 0.5) is 10.1 Å². The molecular formula is C10H12FNO3. The first-order chi connectivity index (χ1) is 7.04. The Morgan fingerprint density at radius 1 is 1.67 bits per heavy atom. The molecule has 0 radical (unpaired) electrons. The molecule has 0 aromatic heterocycles. The minimum absolute atomic E-state index is 0.0923. The monoisotopic (exact) mass is 213 g/mol. The summed E-state index contributed by atoms with van der Waals surface area (Å²) in [5.41, 5.74) is 5.56. The first-order valence-corrected chi connectivity index (χ1v) is 4.49. The molecule has 3 N–H and O–H groups in total. The van der Waals surface area contributed by atoms with Crippen LogP contribution in [0.5, 0.6) is 5.75 Å². The van der Waals surface area contributed by atoms with Gasteiger partial charge >= 0.3 is 5.97 Å². The van der Waals surface area contributed by atoms with Crippen molar-refractivity contribution in [2.45, 2.75) is 19.4 Å². The van der Waals surface area contributed by atoms with Crippen LogP contribution in [0.2, 0.25) is 0 Å². The summed E-state index contributed by atoms with van der Waals surface area (Å²) in [6.45, 7) is 1.68. The van der Waals surface area contributed by atoms with Crippen molar-refractivity contribution >= 4 is 11.7 Å². The molecule has 0 spiro atoms. The van der Waals surface area contributed by atoms with Gasteiger partial charge in [-0.25, -0.2) is 9.18 Å². The van der Waals surface area contributed by atoms with Crippen LogP contribution in [0.15, 0.2) is 18.2 Å². The highest BCUT2D eigenvalue weighted by molar-refractivity contribution is 5.73. The van der Waals surface area contributed by atoms with E-state index >= 15 is 0 Å². The van der Waals surface area contributed by atoms with Crippen molar-refractivity contribution in [1.82, 2.24) is 0 Å². The maximum absolute atomic E-state index is 12.7. The Morgan fingerprint density at radius 3 is 2.80 bits per heavy atom. The second-order valence-corrected chi connectivity index (χ2v) is 3.04. The van der Waals surface area contributed by atoms with E-state index in [9.17, 15) is 9.18 Å². The van der Waals surface area contributed by atoms with Gasteiger partial charge in [-0.3, -0.25) is 0 Å². The van der Waals surface area contributed by atoms with Gasteiger partial charge in [0.25, 0.3) is 0 Å². The minimum Gasteiger partial charge on any atom is -0.479 e. The van der Waals surface area contributed by atoms with Gasteiger partial charge in [0.1, 0.15) is 11.6 Å². The largest absolute Gasteiger partial charge is 0.479 e. The first kappa shape index (κ1) is 11.3. The van der Waals surface area contributed by atoms with E-state index in [1.165, 1.54) is 12.1 Å². The molecular weight excluding hydrogens is 201 g/mol. The highest BCUT2D eigenvalue weighted by atomic mass is 19.1. The molecule has 0 saturated heterocycles. The Hall–Kier alpha value is -1.78. The lowest BCUT2D eigenvalue weighted by Crippen LogP contribution is -2.26. The van der Waals surface area contributed by atoms with Crippen LogP contribution < -0.4 is 10.5 Å². The summed E-state index contributed by atoms with van der Waals surface area (Å²) in [4.78, 5) is 10.7. The van der Waals surface area contributed by atoms with Gasteiger partial charge in [-0.15, -0.1) is 0 Å². The van der Waals surface area contributed by atoms with E-state index in [1.54, 1.807) is 6.92 Å². The summed E-state index contributed by atoms with van der Waals surface area (Å²) in [6, 6.07) is 3.57. The number of hydrogen-bond acceptors (Lipinski definition) is 3. The second-order valence-electron chi connectivity index (χ2n) is 3.04. The van der Waals surface area contributed by atoms with Gasteiger partial charge < -0.3 is 15.6 Å². The third kappa shape index (κ3) is 2.83. The summed E-state index contributed by atoms with van der Waals surface area (Å²) in [7, 11) is 0. The van der Waals surface area contributed by atoms with E-state index < -0.39 is 17.9 Å². The van der Waals surface area contributed by atoms with Crippen molar-refractivity contribution in [3.63, 3.8) is 0 Å². The van der Waals surface area contributed by atoms with Crippen LogP contribution in [0.3, 0.4) is 0 Å². The lowest BCUT2D eigenvalue weighted by Gasteiger charge is -2.14. The van der Waals surface area contributed by atoms with Crippen LogP contribution in [-0.2, 0) is 4.79 Å². The number of hydrogen-bond donors (Lipinski definition) is 2. The van der Waals surface area contributed by atoms with Crippen LogP contribution in [0.25, 0.3) is 0 Å². The fraction of sp³-hybridized carbons (Fsp3) is 0.300. The van der Waals surface area contributed by atoms with E-state index in [2.05, 4.69) is 0 Å². The zero-order valence-corrected chi connectivity index (χ0v) is 8.24. The molecule has 82 valence electrons. The molecule has 0 amide bonds. The SMILES string of the molecule is CCC(Oc1ccc(F)cc1N)C(=O)O. The Labute approximate surface area is 86.5 Å². The predicted octanol–water partition coefficient (Wildman–Crippen LogP) is 1.65.